The third kappa shape index (κ3) is 5.70. The molecule has 3 aromatic heterocycles. The summed E-state index contributed by atoms with van der Waals surface area (Å²) in [7, 11) is 0. The van der Waals surface area contributed by atoms with Crippen molar-refractivity contribution in [1.29, 1.82) is 0 Å². The standard InChI is InChI=1S/C42H48GeN16O2/c1-21-7-5-8-22(2)25(21)19-60-43(61-20-26-23(3)9-6-10-24(26)4)58-39-31-32(49-16-15-48-31)41(58)56-37-29-30(47-14-13-46-29)38(53-37)57-42-34-33(50-17-18-51-34)40(59(42)43)55-36-28-27(35(52-36)54-39)44-11-12-45-28/h11,14-18,21-26,40,45-46H,5-10,12-13,19-20H2,1-4H3,(H,52,54,55)/b56-37-,57-42?. The van der Waals surface area contributed by atoms with Crippen molar-refractivity contribution in [3.05, 3.63) is 59.0 Å². The fourth-order valence-electron chi connectivity index (χ4n) is 10.8. The van der Waals surface area contributed by atoms with Crippen molar-refractivity contribution in [3.8, 4) is 0 Å². The van der Waals surface area contributed by atoms with Gasteiger partial charge < -0.3 is 0 Å². The fraction of sp³-hybridized carbons (Fsp3) is 0.500. The van der Waals surface area contributed by atoms with Crippen LogP contribution in [0.1, 0.15) is 83.8 Å². The molecule has 2 fully saturated rings. The van der Waals surface area contributed by atoms with Gasteiger partial charge in [0.25, 0.3) is 0 Å². The first-order valence-electron chi connectivity index (χ1n) is 21.8. The van der Waals surface area contributed by atoms with E-state index in [-0.39, 0.29) is 11.8 Å². The molecule has 19 heteroatoms. The first-order valence-corrected chi connectivity index (χ1v) is 25.4. The predicted octanol–water partition coefficient (Wildman–Crippen LogP) is 4.72. The summed E-state index contributed by atoms with van der Waals surface area (Å²) in [4.78, 5) is 56.5. The van der Waals surface area contributed by atoms with Gasteiger partial charge in [0.05, 0.1) is 0 Å². The maximum atomic E-state index is 7.99. The second-order valence-corrected chi connectivity index (χ2v) is 23.2. The second kappa shape index (κ2) is 14.3. The summed E-state index contributed by atoms with van der Waals surface area (Å²) >= 11 is -5.18. The zero-order chi connectivity index (χ0) is 41.0. The summed E-state index contributed by atoms with van der Waals surface area (Å²) in [5.41, 5.74) is 4.96. The average molecular weight is 882 g/mol. The normalized spacial score (nSPS) is 33.5. The molecule has 0 saturated heterocycles. The monoisotopic (exact) mass is 882 g/mol. The van der Waals surface area contributed by atoms with Crippen LogP contribution in [0.15, 0.2) is 82.5 Å². The number of hydrogen-bond donors (Lipinski definition) is 3. The molecule has 0 aromatic carbocycles. The summed E-state index contributed by atoms with van der Waals surface area (Å²) in [6.07, 6.45) is 16.8. The molecule has 10 heterocycles. The topological polar surface area (TPSA) is 201 Å². The number of hydrogen-bond acceptors (Lipinski definition) is 17. The molecule has 0 amide bonds. The predicted molar refractivity (Wildman–Crippen MR) is 234 cm³/mol. The van der Waals surface area contributed by atoms with Crippen LogP contribution in [0.4, 0.5) is 11.6 Å². The molecule has 3 N–H and O–H groups in total. The number of aromatic nitrogens is 5. The van der Waals surface area contributed by atoms with Crippen LogP contribution in [-0.4, -0.2) is 110 Å². The van der Waals surface area contributed by atoms with Gasteiger partial charge in [0, 0.05) is 0 Å². The van der Waals surface area contributed by atoms with Crippen LogP contribution in [0.25, 0.3) is 11.0 Å². The molecule has 2 aliphatic carbocycles. The summed E-state index contributed by atoms with van der Waals surface area (Å²) in [5, 5.41) is 10.9. The van der Waals surface area contributed by atoms with Crippen LogP contribution in [0.3, 0.4) is 0 Å². The SMILES string of the molecule is CC1CCCC(C)C1C[O][Ge]1([O]CC2C(C)CCCC2C)[N]2C3=NC4=N/C(=N\c5c6nccnc6c([n]51)/N=C1\N=C(NC2c2nccnc23)C2=C1N=CCN2)C1=C4N=CCN1. The Morgan fingerprint density at radius 2 is 1.20 bits per heavy atom. The molecule has 2 saturated carbocycles. The molecule has 18 nitrogen and oxygen atoms in total. The van der Waals surface area contributed by atoms with Crippen LogP contribution in [-0.2, 0) is 7.53 Å². The van der Waals surface area contributed by atoms with E-state index in [4.69, 9.17) is 62.4 Å². The Morgan fingerprint density at radius 3 is 1.85 bits per heavy atom. The van der Waals surface area contributed by atoms with Crippen molar-refractivity contribution in [1.82, 2.24) is 43.3 Å². The van der Waals surface area contributed by atoms with Gasteiger partial charge in [-0.1, -0.05) is 0 Å². The summed E-state index contributed by atoms with van der Waals surface area (Å²) in [6, 6.07) is 0. The molecular weight excluding hydrogens is 833 g/mol. The van der Waals surface area contributed by atoms with Crippen molar-refractivity contribution in [2.24, 2.45) is 70.5 Å². The molecule has 5 unspecified atom stereocenters. The van der Waals surface area contributed by atoms with E-state index in [2.05, 4.69) is 51.0 Å². The second-order valence-electron chi connectivity index (χ2n) is 17.7. The molecule has 7 aliphatic heterocycles. The van der Waals surface area contributed by atoms with E-state index in [0.717, 1.165) is 31.4 Å². The fourth-order valence-corrected chi connectivity index (χ4v) is 18.0. The third-order valence-corrected chi connectivity index (χ3v) is 20.8. The van der Waals surface area contributed by atoms with E-state index in [1.165, 1.54) is 12.8 Å². The molecule has 5 atom stereocenters. The van der Waals surface area contributed by atoms with E-state index >= 15 is 0 Å². The molecule has 6 bridgehead atoms. The van der Waals surface area contributed by atoms with Crippen molar-refractivity contribution in [2.45, 2.75) is 72.4 Å². The van der Waals surface area contributed by atoms with Gasteiger partial charge in [0.1, 0.15) is 0 Å². The Bertz CT molecular complexity index is 2620. The third-order valence-electron chi connectivity index (χ3n) is 14.2. The zero-order valence-electron chi connectivity index (χ0n) is 34.7. The van der Waals surface area contributed by atoms with Gasteiger partial charge in [-0.2, -0.15) is 0 Å². The van der Waals surface area contributed by atoms with Crippen molar-refractivity contribution >= 4 is 78.7 Å². The van der Waals surface area contributed by atoms with Crippen molar-refractivity contribution in [3.63, 3.8) is 0 Å². The van der Waals surface area contributed by atoms with Crippen LogP contribution in [0.2, 0.25) is 0 Å². The Kier molecular flexibility index (Phi) is 8.75. The maximum absolute atomic E-state index is 7.99. The first-order chi connectivity index (χ1) is 29.9. The molecule has 312 valence electrons. The van der Waals surface area contributed by atoms with Gasteiger partial charge in [-0.3, -0.25) is 0 Å². The minimum atomic E-state index is -5.18. The number of amidine groups is 5. The number of rotatable bonds is 6. The van der Waals surface area contributed by atoms with Crippen LogP contribution < -0.4 is 16.0 Å². The average Bonchev–Trinajstić information content (AvgIpc) is 3.99. The van der Waals surface area contributed by atoms with Gasteiger partial charge in [0.15, 0.2) is 0 Å². The van der Waals surface area contributed by atoms with E-state index in [1.54, 1.807) is 24.8 Å². The number of aliphatic imine (C=N–C) groups is 7. The minimum absolute atomic E-state index is 0.274. The number of nitrogens with one attached hydrogen (secondary N) is 3. The van der Waals surface area contributed by atoms with Gasteiger partial charge in [-0.05, 0) is 0 Å². The number of nitrogens with zero attached hydrogens (tertiary/aromatic N) is 13. The number of fused-ring (bicyclic) bond motifs is 12. The quantitative estimate of drug-likeness (QED) is 0.291. The Morgan fingerprint density at radius 1 is 0.639 bits per heavy atom. The van der Waals surface area contributed by atoms with E-state index < -0.39 is 20.6 Å². The molecule has 61 heavy (non-hydrogen) atoms. The first kappa shape index (κ1) is 37.3. The van der Waals surface area contributed by atoms with Crippen molar-refractivity contribution < 1.29 is 7.53 Å². The zero-order valence-corrected chi connectivity index (χ0v) is 36.8. The van der Waals surface area contributed by atoms with Gasteiger partial charge in [-0.15, -0.1) is 0 Å². The van der Waals surface area contributed by atoms with Gasteiger partial charge in [-0.25, -0.2) is 0 Å². The Balaban J connectivity index is 1.21. The van der Waals surface area contributed by atoms with E-state index in [1.807, 2.05) is 12.4 Å². The van der Waals surface area contributed by atoms with E-state index in [0.29, 0.717) is 130 Å². The molecule has 3 aromatic rings. The van der Waals surface area contributed by atoms with Crippen molar-refractivity contribution in [2.75, 3.05) is 26.3 Å². The summed E-state index contributed by atoms with van der Waals surface area (Å²) in [6.45, 7) is 11.4. The Hall–Kier alpha value is -5.47. The summed E-state index contributed by atoms with van der Waals surface area (Å²) in [5.74, 6) is 5.66. The van der Waals surface area contributed by atoms with Crippen LogP contribution >= 0.6 is 0 Å². The summed E-state index contributed by atoms with van der Waals surface area (Å²) < 4.78 is 20.3. The molecule has 9 aliphatic rings. The van der Waals surface area contributed by atoms with E-state index in [9.17, 15) is 0 Å². The molecule has 0 radical (unpaired) electrons. The van der Waals surface area contributed by atoms with Gasteiger partial charge >= 0.3 is 358 Å². The van der Waals surface area contributed by atoms with Gasteiger partial charge in [0.2, 0.25) is 0 Å². The Labute approximate surface area is 356 Å². The van der Waals surface area contributed by atoms with Crippen LogP contribution in [0, 0.1) is 35.5 Å². The molecule has 0 spiro atoms. The molecule has 12 rings (SSSR count). The van der Waals surface area contributed by atoms with Crippen LogP contribution in [0.5, 0.6) is 0 Å². The molecular formula is C42H48GeN16O2.